The maximum atomic E-state index is 6.12. The van der Waals surface area contributed by atoms with Gasteiger partial charge in [-0.1, -0.05) is 6.07 Å². The number of fused-ring (bicyclic) bond motifs is 1. The Morgan fingerprint density at radius 1 is 1.24 bits per heavy atom. The molecule has 130 valence electrons. The summed E-state index contributed by atoms with van der Waals surface area (Å²) >= 11 is 6.12. The van der Waals surface area contributed by atoms with Crippen molar-refractivity contribution in [2.45, 2.75) is 25.5 Å². The average Bonchev–Trinajstić information content (AvgIpc) is 3.31. The standard InChI is InChI=1S/C18H18ClN3O3/c19-18-21-16-14(17(22-18)20-10-12-4-2-8-23-12)6-1-7-15(16)25-11-13-5-3-9-24-13/h1-2,4,6-8,13H,3,5,9-11H2,(H,20,21,22). The number of ether oxygens (including phenoxy) is 2. The van der Waals surface area contributed by atoms with E-state index < -0.39 is 0 Å². The topological polar surface area (TPSA) is 69.4 Å². The van der Waals surface area contributed by atoms with Gasteiger partial charge in [-0.05, 0) is 48.7 Å². The lowest BCUT2D eigenvalue weighted by molar-refractivity contribution is 0.0684. The molecule has 1 aromatic carbocycles. The van der Waals surface area contributed by atoms with Crippen LogP contribution in [0.5, 0.6) is 5.75 Å². The predicted molar refractivity (Wildman–Crippen MR) is 95.1 cm³/mol. The van der Waals surface area contributed by atoms with Crippen LogP contribution in [0.25, 0.3) is 10.9 Å². The molecule has 1 atom stereocenters. The molecule has 0 radical (unpaired) electrons. The zero-order valence-electron chi connectivity index (χ0n) is 13.6. The first kappa shape index (κ1) is 16.2. The SMILES string of the molecule is Clc1nc(NCc2ccco2)c2cccc(OCC3CCCO3)c2n1. The van der Waals surface area contributed by atoms with Crippen molar-refractivity contribution < 1.29 is 13.9 Å². The second-order valence-electron chi connectivity index (χ2n) is 5.87. The van der Waals surface area contributed by atoms with E-state index in [4.69, 9.17) is 25.5 Å². The highest BCUT2D eigenvalue weighted by Crippen LogP contribution is 2.30. The van der Waals surface area contributed by atoms with E-state index in [9.17, 15) is 0 Å². The normalized spacial score (nSPS) is 17.1. The van der Waals surface area contributed by atoms with Crippen LogP contribution in [-0.2, 0) is 11.3 Å². The van der Waals surface area contributed by atoms with E-state index in [1.54, 1.807) is 6.26 Å². The third kappa shape index (κ3) is 3.70. The van der Waals surface area contributed by atoms with Gasteiger partial charge in [0.15, 0.2) is 0 Å². The van der Waals surface area contributed by atoms with Crippen molar-refractivity contribution in [3.63, 3.8) is 0 Å². The maximum absolute atomic E-state index is 6.12. The number of rotatable bonds is 6. The number of nitrogens with one attached hydrogen (secondary N) is 1. The van der Waals surface area contributed by atoms with Crippen LogP contribution in [0.15, 0.2) is 41.0 Å². The molecule has 4 rings (SSSR count). The molecule has 0 spiro atoms. The van der Waals surface area contributed by atoms with Crippen molar-refractivity contribution in [2.24, 2.45) is 0 Å². The van der Waals surface area contributed by atoms with E-state index in [1.165, 1.54) is 0 Å². The Hall–Kier alpha value is -2.31. The number of aromatic nitrogens is 2. The van der Waals surface area contributed by atoms with Crippen molar-refractivity contribution >= 4 is 28.3 Å². The van der Waals surface area contributed by atoms with Crippen molar-refractivity contribution in [1.29, 1.82) is 0 Å². The van der Waals surface area contributed by atoms with Crippen LogP contribution >= 0.6 is 11.6 Å². The number of anilines is 1. The largest absolute Gasteiger partial charge is 0.489 e. The number of furan rings is 1. The summed E-state index contributed by atoms with van der Waals surface area (Å²) in [5.41, 5.74) is 0.683. The molecule has 6 nitrogen and oxygen atoms in total. The summed E-state index contributed by atoms with van der Waals surface area (Å²) in [5, 5.41) is 4.26. The number of hydrogen-bond acceptors (Lipinski definition) is 6. The fourth-order valence-electron chi connectivity index (χ4n) is 2.89. The van der Waals surface area contributed by atoms with Crippen LogP contribution < -0.4 is 10.1 Å². The van der Waals surface area contributed by atoms with Crippen LogP contribution in [0.4, 0.5) is 5.82 Å². The van der Waals surface area contributed by atoms with Crippen LogP contribution in [0.1, 0.15) is 18.6 Å². The zero-order valence-corrected chi connectivity index (χ0v) is 14.3. The molecule has 1 N–H and O–H groups in total. The van der Waals surface area contributed by atoms with Crippen LogP contribution in [0.2, 0.25) is 5.28 Å². The van der Waals surface area contributed by atoms with Crippen molar-refractivity contribution in [3.05, 3.63) is 47.6 Å². The molecule has 1 aliphatic rings. The Morgan fingerprint density at radius 3 is 3.00 bits per heavy atom. The van der Waals surface area contributed by atoms with Gasteiger partial charge in [-0.25, -0.2) is 9.97 Å². The molecule has 1 fully saturated rings. The Kier molecular flexibility index (Phi) is 4.72. The molecule has 0 aliphatic carbocycles. The van der Waals surface area contributed by atoms with Gasteiger partial charge in [-0.2, -0.15) is 0 Å². The molecule has 0 saturated carbocycles. The molecule has 1 saturated heterocycles. The van der Waals surface area contributed by atoms with E-state index >= 15 is 0 Å². The Balaban J connectivity index is 1.59. The minimum absolute atomic E-state index is 0.143. The van der Waals surface area contributed by atoms with E-state index in [2.05, 4.69) is 15.3 Å². The number of benzene rings is 1. The lowest BCUT2D eigenvalue weighted by Crippen LogP contribution is -2.16. The minimum Gasteiger partial charge on any atom is -0.489 e. The molecule has 2 aromatic heterocycles. The summed E-state index contributed by atoms with van der Waals surface area (Å²) in [7, 11) is 0. The van der Waals surface area contributed by atoms with E-state index in [0.29, 0.717) is 30.2 Å². The molecular weight excluding hydrogens is 342 g/mol. The Labute approximate surface area is 150 Å². The van der Waals surface area contributed by atoms with Gasteiger partial charge in [0.25, 0.3) is 0 Å². The van der Waals surface area contributed by atoms with Gasteiger partial charge in [-0.3, -0.25) is 0 Å². The fourth-order valence-corrected chi connectivity index (χ4v) is 3.06. The van der Waals surface area contributed by atoms with Gasteiger partial charge < -0.3 is 19.2 Å². The van der Waals surface area contributed by atoms with Crippen molar-refractivity contribution in [1.82, 2.24) is 9.97 Å². The van der Waals surface area contributed by atoms with E-state index in [-0.39, 0.29) is 11.4 Å². The predicted octanol–water partition coefficient (Wildman–Crippen LogP) is 4.05. The third-order valence-electron chi connectivity index (χ3n) is 4.12. The van der Waals surface area contributed by atoms with Gasteiger partial charge in [0.05, 0.1) is 18.9 Å². The molecule has 1 unspecified atom stereocenters. The van der Waals surface area contributed by atoms with Crippen molar-refractivity contribution in [2.75, 3.05) is 18.5 Å². The highest BCUT2D eigenvalue weighted by Gasteiger charge is 2.17. The second-order valence-corrected chi connectivity index (χ2v) is 6.21. The van der Waals surface area contributed by atoms with Crippen LogP contribution in [0.3, 0.4) is 0 Å². The summed E-state index contributed by atoms with van der Waals surface area (Å²) in [6.07, 6.45) is 3.89. The summed E-state index contributed by atoms with van der Waals surface area (Å²) < 4.78 is 16.9. The number of halogens is 1. The molecule has 3 heterocycles. The van der Waals surface area contributed by atoms with E-state index in [1.807, 2.05) is 30.3 Å². The first-order chi connectivity index (χ1) is 12.3. The lowest BCUT2D eigenvalue weighted by atomic mass is 10.2. The molecule has 1 aliphatic heterocycles. The van der Waals surface area contributed by atoms with E-state index in [0.717, 1.165) is 30.6 Å². The van der Waals surface area contributed by atoms with Crippen molar-refractivity contribution in [3.8, 4) is 5.75 Å². The lowest BCUT2D eigenvalue weighted by Gasteiger charge is -2.14. The number of hydrogen-bond donors (Lipinski definition) is 1. The molecule has 0 bridgehead atoms. The minimum atomic E-state index is 0.143. The zero-order chi connectivity index (χ0) is 17.1. The quantitative estimate of drug-likeness (QED) is 0.670. The molecule has 0 amide bonds. The Bertz CT molecular complexity index is 848. The molecule has 7 heteroatoms. The average molecular weight is 360 g/mol. The van der Waals surface area contributed by atoms with Gasteiger partial charge in [0.1, 0.15) is 29.5 Å². The number of para-hydroxylation sites is 1. The summed E-state index contributed by atoms with van der Waals surface area (Å²) in [4.78, 5) is 8.65. The molecular formula is C18H18ClN3O3. The van der Waals surface area contributed by atoms with Gasteiger partial charge in [0, 0.05) is 12.0 Å². The van der Waals surface area contributed by atoms with Crippen LogP contribution in [0, 0.1) is 0 Å². The first-order valence-electron chi connectivity index (χ1n) is 8.26. The smallest absolute Gasteiger partial charge is 0.225 e. The van der Waals surface area contributed by atoms with Crippen LogP contribution in [-0.4, -0.2) is 29.3 Å². The van der Waals surface area contributed by atoms with Gasteiger partial charge in [0.2, 0.25) is 5.28 Å². The molecule has 3 aromatic rings. The first-order valence-corrected chi connectivity index (χ1v) is 8.64. The Morgan fingerprint density at radius 2 is 2.20 bits per heavy atom. The maximum Gasteiger partial charge on any atom is 0.225 e. The second kappa shape index (κ2) is 7.29. The third-order valence-corrected chi connectivity index (χ3v) is 4.29. The molecule has 25 heavy (non-hydrogen) atoms. The highest BCUT2D eigenvalue weighted by molar-refractivity contribution is 6.29. The highest BCUT2D eigenvalue weighted by atomic mass is 35.5. The number of nitrogens with zero attached hydrogens (tertiary/aromatic N) is 2. The summed E-state index contributed by atoms with van der Waals surface area (Å²) in [6, 6.07) is 9.49. The van der Waals surface area contributed by atoms with Gasteiger partial charge >= 0.3 is 0 Å². The van der Waals surface area contributed by atoms with Gasteiger partial charge in [-0.15, -0.1) is 0 Å². The monoisotopic (exact) mass is 359 g/mol. The fraction of sp³-hybridized carbons (Fsp3) is 0.333. The summed E-state index contributed by atoms with van der Waals surface area (Å²) in [5.74, 6) is 2.14. The summed E-state index contributed by atoms with van der Waals surface area (Å²) in [6.45, 7) is 1.82.